The average molecular weight is 379 g/mol. The van der Waals surface area contributed by atoms with Crippen LogP contribution in [0.5, 0.6) is 0 Å². The summed E-state index contributed by atoms with van der Waals surface area (Å²) in [6, 6.07) is 2.79. The Morgan fingerprint density at radius 3 is 2.76 bits per heavy atom. The summed E-state index contributed by atoms with van der Waals surface area (Å²) < 4.78 is 26.5. The maximum atomic E-state index is 12.1. The lowest BCUT2D eigenvalue weighted by atomic mass is 10.2. The number of sulfonamides is 1. The van der Waals surface area contributed by atoms with Crippen molar-refractivity contribution in [1.29, 1.82) is 0 Å². The van der Waals surface area contributed by atoms with Crippen LogP contribution >= 0.6 is 15.9 Å². The third-order valence-corrected chi connectivity index (χ3v) is 5.21. The highest BCUT2D eigenvalue weighted by Crippen LogP contribution is 2.32. The Bertz CT molecular complexity index is 718. The molecule has 0 spiro atoms. The van der Waals surface area contributed by atoms with E-state index in [4.69, 9.17) is 10.2 Å². The molecule has 1 aliphatic heterocycles. The molecule has 1 aliphatic rings. The van der Waals surface area contributed by atoms with Gasteiger partial charge in [-0.2, -0.15) is 0 Å². The number of benzene rings is 1. The molecule has 2 rings (SSSR count). The molecule has 0 fully saturated rings. The van der Waals surface area contributed by atoms with E-state index in [1.54, 1.807) is 0 Å². The summed E-state index contributed by atoms with van der Waals surface area (Å²) in [6.07, 6.45) is -1.76. The second-order valence-corrected chi connectivity index (χ2v) is 6.96. The van der Waals surface area contributed by atoms with E-state index >= 15 is 0 Å². The number of aliphatic hydroxyl groups is 1. The van der Waals surface area contributed by atoms with Gasteiger partial charge < -0.3 is 15.5 Å². The molecule has 21 heavy (non-hydrogen) atoms. The number of fused-ring (bicyclic) bond motifs is 1. The maximum Gasteiger partial charge on any atom is 0.333 e. The number of aliphatic hydroxyl groups excluding tert-OH is 1. The van der Waals surface area contributed by atoms with Crippen LogP contribution in [0.15, 0.2) is 21.5 Å². The van der Waals surface area contributed by atoms with E-state index in [1.165, 1.54) is 12.1 Å². The van der Waals surface area contributed by atoms with Crippen LogP contribution < -0.4 is 10.0 Å². The van der Waals surface area contributed by atoms with E-state index in [0.717, 1.165) is 0 Å². The van der Waals surface area contributed by atoms with Crippen LogP contribution in [-0.4, -0.2) is 43.2 Å². The molecule has 1 atom stereocenters. The van der Waals surface area contributed by atoms with Crippen LogP contribution in [0.3, 0.4) is 0 Å². The lowest BCUT2D eigenvalue weighted by Crippen LogP contribution is -2.36. The number of halogens is 1. The molecule has 10 heteroatoms. The van der Waals surface area contributed by atoms with Gasteiger partial charge in [0.15, 0.2) is 6.10 Å². The number of anilines is 1. The second-order valence-electron chi connectivity index (χ2n) is 4.37. The number of carboxylic acids is 1. The van der Waals surface area contributed by atoms with Gasteiger partial charge in [0.1, 0.15) is 0 Å². The topological polar surface area (TPSA) is 133 Å². The summed E-state index contributed by atoms with van der Waals surface area (Å²) in [5.74, 6) is -1.76. The van der Waals surface area contributed by atoms with Gasteiger partial charge in [-0.1, -0.05) is 0 Å². The summed E-state index contributed by atoms with van der Waals surface area (Å²) >= 11 is 3.09. The van der Waals surface area contributed by atoms with Crippen LogP contribution in [-0.2, 0) is 26.0 Å². The summed E-state index contributed by atoms with van der Waals surface area (Å²) in [5.41, 5.74) is 1.05. The Morgan fingerprint density at radius 2 is 2.14 bits per heavy atom. The Kier molecular flexibility index (Phi) is 4.33. The van der Waals surface area contributed by atoms with E-state index in [2.05, 4.69) is 21.2 Å². The lowest BCUT2D eigenvalue weighted by Gasteiger charge is -2.11. The number of nitrogens with one attached hydrogen (secondary N) is 2. The molecule has 0 bridgehead atoms. The molecule has 1 aromatic rings. The van der Waals surface area contributed by atoms with Gasteiger partial charge in [0, 0.05) is 16.7 Å². The number of carboxylic acid groups (broad SMARTS) is 1. The van der Waals surface area contributed by atoms with E-state index < -0.39 is 28.6 Å². The fraction of sp³-hybridized carbons (Fsp3) is 0.273. The van der Waals surface area contributed by atoms with Gasteiger partial charge >= 0.3 is 5.97 Å². The Labute approximate surface area is 128 Å². The first-order valence-corrected chi connectivity index (χ1v) is 8.01. The van der Waals surface area contributed by atoms with Crippen molar-refractivity contribution in [1.82, 2.24) is 4.72 Å². The zero-order valence-electron chi connectivity index (χ0n) is 10.5. The molecule has 0 aliphatic carbocycles. The predicted molar refractivity (Wildman–Crippen MR) is 75.3 cm³/mol. The molecule has 0 aromatic heterocycles. The number of hydrogen-bond acceptors (Lipinski definition) is 5. The minimum Gasteiger partial charge on any atom is -0.479 e. The second kappa shape index (κ2) is 5.72. The molecule has 0 saturated heterocycles. The van der Waals surface area contributed by atoms with Crippen molar-refractivity contribution in [3.8, 4) is 0 Å². The minimum atomic E-state index is -4.02. The molecule has 1 amide bonds. The first-order valence-electron chi connectivity index (χ1n) is 5.73. The van der Waals surface area contributed by atoms with Crippen molar-refractivity contribution in [2.45, 2.75) is 17.4 Å². The zero-order chi connectivity index (χ0) is 15.8. The Hall–Kier alpha value is -1.49. The largest absolute Gasteiger partial charge is 0.479 e. The lowest BCUT2D eigenvalue weighted by molar-refractivity contribution is -0.146. The molecular weight excluding hydrogens is 368 g/mol. The molecule has 1 heterocycles. The van der Waals surface area contributed by atoms with Gasteiger partial charge in [-0.25, -0.2) is 17.9 Å². The van der Waals surface area contributed by atoms with Crippen LogP contribution in [0.4, 0.5) is 5.69 Å². The number of aliphatic carboxylic acids is 1. The van der Waals surface area contributed by atoms with E-state index in [1.807, 2.05) is 4.72 Å². The van der Waals surface area contributed by atoms with Gasteiger partial charge in [0.2, 0.25) is 15.9 Å². The SMILES string of the molecule is O=C1Cc2cc(S(=O)(=O)NCC(O)C(=O)O)c(Br)cc2N1. The summed E-state index contributed by atoms with van der Waals surface area (Å²) in [4.78, 5) is 21.6. The highest BCUT2D eigenvalue weighted by Gasteiger charge is 2.26. The third kappa shape index (κ3) is 3.40. The third-order valence-electron chi connectivity index (χ3n) is 2.82. The van der Waals surface area contributed by atoms with Crippen molar-refractivity contribution in [3.05, 3.63) is 22.2 Å². The molecule has 114 valence electrons. The van der Waals surface area contributed by atoms with Crippen molar-refractivity contribution < 1.29 is 28.2 Å². The van der Waals surface area contributed by atoms with Gasteiger partial charge in [-0.05, 0) is 33.6 Å². The standard InChI is InChI=1S/C11H11BrN2O6S/c12-6-3-7-5(2-10(16)14-7)1-9(6)21(19,20)13-4-8(15)11(17)18/h1,3,8,13,15H,2,4H2,(H,14,16)(H,17,18). The molecule has 0 saturated carbocycles. The number of amides is 1. The van der Waals surface area contributed by atoms with E-state index in [9.17, 15) is 18.0 Å². The Morgan fingerprint density at radius 1 is 1.48 bits per heavy atom. The summed E-state index contributed by atoms with van der Waals surface area (Å²) in [6.45, 7) is -0.654. The maximum absolute atomic E-state index is 12.1. The van der Waals surface area contributed by atoms with Crippen LogP contribution in [0, 0.1) is 0 Å². The van der Waals surface area contributed by atoms with Crippen molar-refractivity contribution in [2.75, 3.05) is 11.9 Å². The summed E-state index contributed by atoms with van der Waals surface area (Å²) in [5, 5.41) is 20.2. The van der Waals surface area contributed by atoms with Crippen LogP contribution in [0.1, 0.15) is 5.56 Å². The van der Waals surface area contributed by atoms with Crippen molar-refractivity contribution in [3.63, 3.8) is 0 Å². The van der Waals surface area contributed by atoms with Gasteiger partial charge in [-0.15, -0.1) is 0 Å². The van der Waals surface area contributed by atoms with Gasteiger partial charge in [0.25, 0.3) is 0 Å². The fourth-order valence-electron chi connectivity index (χ4n) is 1.79. The fourth-order valence-corrected chi connectivity index (χ4v) is 3.91. The van der Waals surface area contributed by atoms with E-state index in [0.29, 0.717) is 11.3 Å². The van der Waals surface area contributed by atoms with Gasteiger partial charge in [-0.3, -0.25) is 4.79 Å². The van der Waals surface area contributed by atoms with Crippen molar-refractivity contribution in [2.24, 2.45) is 0 Å². The van der Waals surface area contributed by atoms with Crippen LogP contribution in [0.2, 0.25) is 0 Å². The highest BCUT2D eigenvalue weighted by atomic mass is 79.9. The molecule has 4 N–H and O–H groups in total. The normalized spacial score (nSPS) is 15.4. The quantitative estimate of drug-likeness (QED) is 0.554. The monoisotopic (exact) mass is 378 g/mol. The first kappa shape index (κ1) is 15.9. The van der Waals surface area contributed by atoms with Crippen molar-refractivity contribution >= 4 is 43.5 Å². The minimum absolute atomic E-state index is 0.0723. The smallest absolute Gasteiger partial charge is 0.333 e. The van der Waals surface area contributed by atoms with E-state index in [-0.39, 0.29) is 21.7 Å². The molecule has 1 unspecified atom stereocenters. The molecule has 0 radical (unpaired) electrons. The summed E-state index contributed by atoms with van der Waals surface area (Å²) in [7, 11) is -4.02. The number of carbonyl (C=O) groups excluding carboxylic acids is 1. The van der Waals surface area contributed by atoms with Gasteiger partial charge in [0.05, 0.1) is 11.3 Å². The average Bonchev–Trinajstić information content (AvgIpc) is 2.73. The number of carbonyl (C=O) groups is 2. The zero-order valence-corrected chi connectivity index (χ0v) is 12.9. The molecular formula is C11H11BrN2O6S. The Balaban J connectivity index is 2.27. The molecule has 8 nitrogen and oxygen atoms in total. The first-order chi connectivity index (χ1) is 9.70. The predicted octanol–water partition coefficient (Wildman–Crippen LogP) is -0.333. The number of rotatable bonds is 5. The molecule has 1 aromatic carbocycles. The highest BCUT2D eigenvalue weighted by molar-refractivity contribution is 9.10. The van der Waals surface area contributed by atoms with Crippen LogP contribution in [0.25, 0.3) is 0 Å². The number of hydrogen-bond donors (Lipinski definition) is 4.